The van der Waals surface area contributed by atoms with Crippen LogP contribution in [0.5, 0.6) is 0 Å². The molecule has 0 bridgehead atoms. The molecule has 0 fully saturated rings. The van der Waals surface area contributed by atoms with Crippen molar-refractivity contribution in [3.63, 3.8) is 0 Å². The molecule has 88 valence electrons. The van der Waals surface area contributed by atoms with Crippen molar-refractivity contribution in [2.45, 2.75) is 4.90 Å². The molecule has 0 N–H and O–H groups in total. The van der Waals surface area contributed by atoms with Crippen molar-refractivity contribution in [1.29, 1.82) is 0 Å². The van der Waals surface area contributed by atoms with Gasteiger partial charge >= 0.3 is 0 Å². The standard InChI is InChI=1S/C15H11NS2/c17-14-7-8-18-15(14)10-16-13-6-5-11-3-1-2-4-12(11)9-13/h1-10,17H/p-1. The van der Waals surface area contributed by atoms with Gasteiger partial charge in [0.25, 0.3) is 0 Å². The minimum absolute atomic E-state index is 0.865. The van der Waals surface area contributed by atoms with Crippen LogP contribution >= 0.6 is 11.3 Å². The first-order valence-corrected chi connectivity index (χ1v) is 6.89. The first-order valence-electron chi connectivity index (χ1n) is 5.60. The molecule has 0 amide bonds. The molecule has 0 atom stereocenters. The summed E-state index contributed by atoms with van der Waals surface area (Å²) in [5.74, 6) is 0. The third-order valence-corrected chi connectivity index (χ3v) is 4.06. The highest BCUT2D eigenvalue weighted by Crippen LogP contribution is 2.22. The lowest BCUT2D eigenvalue weighted by Crippen LogP contribution is -1.77. The molecule has 0 saturated heterocycles. The fourth-order valence-corrected chi connectivity index (χ4v) is 2.79. The van der Waals surface area contributed by atoms with Crippen molar-refractivity contribution in [3.05, 3.63) is 58.8 Å². The lowest BCUT2D eigenvalue weighted by Gasteiger charge is -2.01. The summed E-state index contributed by atoms with van der Waals surface area (Å²) < 4.78 is 0. The van der Waals surface area contributed by atoms with Gasteiger partial charge in [-0.3, -0.25) is 4.99 Å². The maximum Gasteiger partial charge on any atom is 0.0636 e. The summed E-state index contributed by atoms with van der Waals surface area (Å²) in [5, 5.41) is 4.43. The number of benzene rings is 2. The van der Waals surface area contributed by atoms with Gasteiger partial charge in [-0.2, -0.15) is 4.90 Å². The predicted molar refractivity (Wildman–Crippen MR) is 81.2 cm³/mol. The highest BCUT2D eigenvalue weighted by molar-refractivity contribution is 7.59. The molecule has 0 aliphatic carbocycles. The van der Waals surface area contributed by atoms with Crippen LogP contribution < -0.4 is 0 Å². The highest BCUT2D eigenvalue weighted by Gasteiger charge is 1.94. The number of fused-ring (bicyclic) bond motifs is 1. The molecule has 2 aromatic carbocycles. The van der Waals surface area contributed by atoms with Crippen LogP contribution in [-0.2, 0) is 12.6 Å². The Hall–Kier alpha value is -1.71. The second kappa shape index (κ2) is 4.88. The van der Waals surface area contributed by atoms with Crippen molar-refractivity contribution >= 4 is 46.6 Å². The van der Waals surface area contributed by atoms with Crippen molar-refractivity contribution in [1.82, 2.24) is 0 Å². The van der Waals surface area contributed by atoms with E-state index in [2.05, 4.69) is 29.3 Å². The first-order chi connectivity index (χ1) is 8.83. The van der Waals surface area contributed by atoms with E-state index in [9.17, 15) is 0 Å². The average Bonchev–Trinajstić information content (AvgIpc) is 2.82. The van der Waals surface area contributed by atoms with Crippen LogP contribution in [-0.4, -0.2) is 6.21 Å². The van der Waals surface area contributed by atoms with E-state index in [4.69, 9.17) is 12.6 Å². The molecule has 3 rings (SSSR count). The van der Waals surface area contributed by atoms with Gasteiger partial charge in [0.15, 0.2) is 0 Å². The van der Waals surface area contributed by atoms with E-state index in [0.717, 1.165) is 15.5 Å². The number of rotatable bonds is 2. The van der Waals surface area contributed by atoms with E-state index < -0.39 is 0 Å². The monoisotopic (exact) mass is 268 g/mol. The predicted octanol–water partition coefficient (Wildman–Crippen LogP) is 4.56. The van der Waals surface area contributed by atoms with Crippen LogP contribution in [0.4, 0.5) is 5.69 Å². The molecule has 0 radical (unpaired) electrons. The summed E-state index contributed by atoms with van der Waals surface area (Å²) in [5.41, 5.74) is 0.955. The van der Waals surface area contributed by atoms with Crippen LogP contribution in [0, 0.1) is 0 Å². The van der Waals surface area contributed by atoms with E-state index in [1.54, 1.807) is 11.3 Å². The van der Waals surface area contributed by atoms with Crippen LogP contribution in [0.2, 0.25) is 0 Å². The van der Waals surface area contributed by atoms with Crippen LogP contribution in [0.25, 0.3) is 10.8 Å². The zero-order valence-corrected chi connectivity index (χ0v) is 11.2. The summed E-state index contributed by atoms with van der Waals surface area (Å²) in [6, 6.07) is 16.4. The van der Waals surface area contributed by atoms with Gasteiger partial charge in [-0.15, -0.1) is 11.3 Å². The van der Waals surface area contributed by atoms with Crippen molar-refractivity contribution in [2.75, 3.05) is 0 Å². The number of aliphatic imine (C=N–C) groups is 1. The average molecular weight is 268 g/mol. The molecule has 0 unspecified atom stereocenters. The van der Waals surface area contributed by atoms with Crippen molar-refractivity contribution in [3.8, 4) is 0 Å². The molecule has 0 aliphatic heterocycles. The molecule has 3 aromatic rings. The zero-order valence-electron chi connectivity index (χ0n) is 9.54. The Kier molecular flexibility index (Phi) is 3.09. The summed E-state index contributed by atoms with van der Waals surface area (Å²) in [6.45, 7) is 0. The Labute approximate surface area is 115 Å². The maximum absolute atomic E-state index is 5.20. The number of nitrogens with zero attached hydrogens (tertiary/aromatic N) is 1. The SMILES string of the molecule is [S-]c1ccsc1C=Nc1ccc2ccccc2c1. The number of hydrogen-bond acceptors (Lipinski definition) is 3. The lowest BCUT2D eigenvalue weighted by atomic mass is 10.1. The molecule has 1 heterocycles. The molecule has 0 spiro atoms. The Balaban J connectivity index is 1.95. The molecule has 3 heteroatoms. The summed E-state index contributed by atoms with van der Waals surface area (Å²) in [4.78, 5) is 6.38. The Morgan fingerprint density at radius 1 is 1.00 bits per heavy atom. The fourth-order valence-electron chi connectivity index (χ4n) is 1.79. The molecular weight excluding hydrogens is 258 g/mol. The minimum Gasteiger partial charge on any atom is -0.778 e. The summed E-state index contributed by atoms with van der Waals surface area (Å²) >= 11 is 6.82. The van der Waals surface area contributed by atoms with Gasteiger partial charge in [0.05, 0.1) is 5.69 Å². The number of hydrogen-bond donors (Lipinski definition) is 0. The van der Waals surface area contributed by atoms with Crippen LogP contribution in [0.3, 0.4) is 0 Å². The van der Waals surface area contributed by atoms with Gasteiger partial charge in [0, 0.05) is 11.1 Å². The van der Waals surface area contributed by atoms with Gasteiger partial charge < -0.3 is 12.6 Å². The second-order valence-corrected chi connectivity index (χ2v) is 5.33. The van der Waals surface area contributed by atoms with Crippen LogP contribution in [0.15, 0.2) is 63.8 Å². The molecule has 18 heavy (non-hydrogen) atoms. The maximum atomic E-state index is 5.20. The zero-order chi connectivity index (χ0) is 12.4. The number of thiophene rings is 1. The third kappa shape index (κ3) is 2.28. The Bertz CT molecular complexity index is 713. The van der Waals surface area contributed by atoms with E-state index >= 15 is 0 Å². The van der Waals surface area contributed by atoms with Gasteiger partial charge in [-0.25, -0.2) is 0 Å². The Morgan fingerprint density at radius 3 is 2.61 bits per heavy atom. The lowest BCUT2D eigenvalue weighted by molar-refractivity contribution is 1.53. The largest absolute Gasteiger partial charge is 0.778 e. The summed E-state index contributed by atoms with van der Waals surface area (Å²) in [7, 11) is 0. The summed E-state index contributed by atoms with van der Waals surface area (Å²) in [6.07, 6.45) is 1.84. The van der Waals surface area contributed by atoms with Crippen molar-refractivity contribution < 1.29 is 0 Å². The van der Waals surface area contributed by atoms with E-state index in [0.29, 0.717) is 0 Å². The van der Waals surface area contributed by atoms with E-state index in [1.165, 1.54) is 10.8 Å². The molecule has 0 saturated carbocycles. The molecular formula is C15H10NS2-. The quantitative estimate of drug-likeness (QED) is 0.490. The van der Waals surface area contributed by atoms with Crippen LogP contribution in [0.1, 0.15) is 4.88 Å². The molecule has 1 nitrogen and oxygen atoms in total. The van der Waals surface area contributed by atoms with Gasteiger partial charge in [0.2, 0.25) is 0 Å². The smallest absolute Gasteiger partial charge is 0.0636 e. The second-order valence-electron chi connectivity index (χ2n) is 3.94. The normalized spacial score (nSPS) is 11.3. The third-order valence-electron chi connectivity index (χ3n) is 2.72. The van der Waals surface area contributed by atoms with Gasteiger partial charge in [-0.1, -0.05) is 36.4 Å². The van der Waals surface area contributed by atoms with E-state index in [-0.39, 0.29) is 0 Å². The van der Waals surface area contributed by atoms with Gasteiger partial charge in [0.1, 0.15) is 0 Å². The van der Waals surface area contributed by atoms with Crippen molar-refractivity contribution in [2.24, 2.45) is 4.99 Å². The highest BCUT2D eigenvalue weighted by atomic mass is 32.1. The molecule has 1 aromatic heterocycles. The molecule has 0 aliphatic rings. The minimum atomic E-state index is 0.865. The van der Waals surface area contributed by atoms with Gasteiger partial charge in [-0.05, 0) is 28.3 Å². The van der Waals surface area contributed by atoms with E-state index in [1.807, 2.05) is 35.9 Å². The fraction of sp³-hybridized carbons (Fsp3) is 0. The topological polar surface area (TPSA) is 12.4 Å². The Morgan fingerprint density at radius 2 is 1.83 bits per heavy atom. The first kappa shape index (κ1) is 11.4.